The molecule has 29 heavy (non-hydrogen) atoms. The zero-order valence-corrected chi connectivity index (χ0v) is 16.9. The number of amides is 2. The molecule has 152 valence electrons. The monoisotopic (exact) mass is 392 g/mol. The molecule has 2 atom stereocenters. The lowest BCUT2D eigenvalue weighted by atomic mass is 10.1. The van der Waals surface area contributed by atoms with Gasteiger partial charge in [-0.2, -0.15) is 0 Å². The van der Waals surface area contributed by atoms with Crippen molar-refractivity contribution in [3.05, 3.63) is 66.0 Å². The van der Waals surface area contributed by atoms with E-state index in [4.69, 9.17) is 0 Å². The van der Waals surface area contributed by atoms with Crippen LogP contribution in [0.5, 0.6) is 0 Å². The molecule has 0 radical (unpaired) electrons. The molecule has 3 heterocycles. The zero-order valence-electron chi connectivity index (χ0n) is 16.9. The summed E-state index contributed by atoms with van der Waals surface area (Å²) in [6.45, 7) is 6.61. The number of rotatable bonds is 5. The van der Waals surface area contributed by atoms with Crippen LogP contribution in [0.4, 0.5) is 0 Å². The molecule has 0 bridgehead atoms. The van der Waals surface area contributed by atoms with E-state index in [0.717, 1.165) is 38.3 Å². The molecule has 2 aliphatic rings. The maximum absolute atomic E-state index is 13.0. The Hall–Kier alpha value is -2.73. The predicted molar refractivity (Wildman–Crippen MR) is 111 cm³/mol. The van der Waals surface area contributed by atoms with Gasteiger partial charge in [0.15, 0.2) is 0 Å². The van der Waals surface area contributed by atoms with Crippen LogP contribution >= 0.6 is 0 Å². The number of hydrogen-bond donors (Lipinski definition) is 0. The van der Waals surface area contributed by atoms with E-state index in [1.165, 1.54) is 5.56 Å². The first kappa shape index (κ1) is 19.6. The molecule has 6 nitrogen and oxygen atoms in total. The second-order valence-electron chi connectivity index (χ2n) is 7.99. The molecule has 2 fully saturated rings. The number of pyridine rings is 1. The highest BCUT2D eigenvalue weighted by molar-refractivity contribution is 5.89. The molecular weight excluding hydrogens is 364 g/mol. The Morgan fingerprint density at radius 3 is 2.45 bits per heavy atom. The maximum Gasteiger partial charge on any atom is 0.228 e. The molecule has 0 N–H and O–H groups in total. The van der Waals surface area contributed by atoms with Crippen molar-refractivity contribution >= 4 is 11.8 Å². The summed E-state index contributed by atoms with van der Waals surface area (Å²) in [6.07, 6.45) is 3.95. The van der Waals surface area contributed by atoms with Crippen LogP contribution in [0.15, 0.2) is 54.9 Å². The molecule has 2 aliphatic heterocycles. The fraction of sp³-hybridized carbons (Fsp3) is 0.435. The average Bonchev–Trinajstić information content (AvgIpc) is 3.16. The minimum absolute atomic E-state index is 0.00119. The van der Waals surface area contributed by atoms with Gasteiger partial charge < -0.3 is 9.80 Å². The molecule has 4 rings (SSSR count). The van der Waals surface area contributed by atoms with E-state index in [9.17, 15) is 9.59 Å². The Balaban J connectivity index is 1.31. The minimum Gasteiger partial charge on any atom is -0.340 e. The van der Waals surface area contributed by atoms with E-state index in [-0.39, 0.29) is 23.8 Å². The summed E-state index contributed by atoms with van der Waals surface area (Å²) in [7, 11) is 0. The fourth-order valence-corrected chi connectivity index (χ4v) is 4.31. The number of aromatic nitrogens is 1. The molecule has 0 unspecified atom stereocenters. The Morgan fingerprint density at radius 1 is 1.07 bits per heavy atom. The Bertz CT molecular complexity index is 834. The summed E-state index contributed by atoms with van der Waals surface area (Å²) in [4.78, 5) is 35.8. The van der Waals surface area contributed by atoms with Crippen molar-refractivity contribution in [2.45, 2.75) is 25.9 Å². The number of benzene rings is 1. The van der Waals surface area contributed by atoms with Gasteiger partial charge in [0.25, 0.3) is 0 Å². The lowest BCUT2D eigenvalue weighted by molar-refractivity contribution is -0.137. The first-order valence-electron chi connectivity index (χ1n) is 10.4. The molecular formula is C23H28N4O2. The van der Waals surface area contributed by atoms with Crippen molar-refractivity contribution in [1.29, 1.82) is 0 Å². The number of nitrogens with zero attached hydrogens (tertiary/aromatic N) is 4. The third-order valence-corrected chi connectivity index (χ3v) is 6.10. The van der Waals surface area contributed by atoms with Crippen LogP contribution in [0.25, 0.3) is 0 Å². The molecule has 2 saturated heterocycles. The van der Waals surface area contributed by atoms with Crippen molar-refractivity contribution in [3.63, 3.8) is 0 Å². The van der Waals surface area contributed by atoms with Gasteiger partial charge >= 0.3 is 0 Å². The van der Waals surface area contributed by atoms with Crippen molar-refractivity contribution in [2.24, 2.45) is 5.92 Å². The highest BCUT2D eigenvalue weighted by Crippen LogP contribution is 2.29. The molecule has 2 aromatic rings. The third kappa shape index (κ3) is 4.48. The van der Waals surface area contributed by atoms with Crippen LogP contribution in [-0.2, 0) is 16.1 Å². The van der Waals surface area contributed by atoms with Gasteiger partial charge in [-0.3, -0.25) is 19.5 Å². The average molecular weight is 393 g/mol. The van der Waals surface area contributed by atoms with E-state index in [1.807, 2.05) is 71.6 Å². The lowest BCUT2D eigenvalue weighted by Crippen LogP contribution is -2.50. The quantitative estimate of drug-likeness (QED) is 0.784. The normalized spacial score (nSPS) is 21.4. The molecule has 2 amide bonds. The van der Waals surface area contributed by atoms with Gasteiger partial charge in [-0.25, -0.2) is 0 Å². The van der Waals surface area contributed by atoms with Gasteiger partial charge in [0.2, 0.25) is 11.8 Å². The van der Waals surface area contributed by atoms with Gasteiger partial charge in [-0.1, -0.05) is 30.3 Å². The van der Waals surface area contributed by atoms with Crippen molar-refractivity contribution in [3.8, 4) is 0 Å². The summed E-state index contributed by atoms with van der Waals surface area (Å²) in [5, 5.41) is 0. The number of likely N-dealkylation sites (tertiary alicyclic amines) is 1. The summed E-state index contributed by atoms with van der Waals surface area (Å²) in [5.74, 6) is -0.0129. The van der Waals surface area contributed by atoms with E-state index < -0.39 is 0 Å². The predicted octanol–water partition coefficient (Wildman–Crippen LogP) is 2.34. The molecule has 6 heteroatoms. The van der Waals surface area contributed by atoms with E-state index in [1.54, 1.807) is 0 Å². The number of carbonyl (C=O) groups is 2. The third-order valence-electron chi connectivity index (χ3n) is 6.10. The fourth-order valence-electron chi connectivity index (χ4n) is 4.31. The van der Waals surface area contributed by atoms with Crippen LogP contribution in [0.1, 0.15) is 30.5 Å². The van der Waals surface area contributed by atoms with Gasteiger partial charge in [-0.15, -0.1) is 0 Å². The highest BCUT2D eigenvalue weighted by Gasteiger charge is 2.39. The van der Waals surface area contributed by atoms with Crippen LogP contribution in [-0.4, -0.2) is 64.2 Å². The Kier molecular flexibility index (Phi) is 5.90. The van der Waals surface area contributed by atoms with Gasteiger partial charge in [0, 0.05) is 58.1 Å². The molecule has 1 aromatic carbocycles. The van der Waals surface area contributed by atoms with Gasteiger partial charge in [0.1, 0.15) is 0 Å². The van der Waals surface area contributed by atoms with Crippen LogP contribution in [0, 0.1) is 5.92 Å². The van der Waals surface area contributed by atoms with Crippen LogP contribution in [0.2, 0.25) is 0 Å². The Morgan fingerprint density at radius 2 is 1.76 bits per heavy atom. The molecule has 0 spiro atoms. The smallest absolute Gasteiger partial charge is 0.228 e. The van der Waals surface area contributed by atoms with Crippen LogP contribution < -0.4 is 0 Å². The highest BCUT2D eigenvalue weighted by atomic mass is 16.2. The second kappa shape index (κ2) is 8.74. The van der Waals surface area contributed by atoms with Crippen molar-refractivity contribution < 1.29 is 9.59 Å². The largest absolute Gasteiger partial charge is 0.340 e. The molecule has 0 saturated carbocycles. The maximum atomic E-state index is 13.0. The standard InChI is InChI=1S/C23H28N4O2/c1-18(20-5-3-2-4-6-20)27-17-21(15-22(27)28)23(29)26-13-11-25(12-14-26)16-19-7-9-24-10-8-19/h2-10,18,21H,11-17H2,1H3/t18-,21+/m0/s1. The lowest BCUT2D eigenvalue weighted by Gasteiger charge is -2.36. The first-order valence-corrected chi connectivity index (χ1v) is 10.4. The molecule has 0 aliphatic carbocycles. The van der Waals surface area contributed by atoms with E-state index >= 15 is 0 Å². The van der Waals surface area contributed by atoms with E-state index in [2.05, 4.69) is 9.88 Å². The number of piperazine rings is 1. The van der Waals surface area contributed by atoms with Gasteiger partial charge in [0.05, 0.1) is 12.0 Å². The Labute approximate surface area is 172 Å². The van der Waals surface area contributed by atoms with Crippen molar-refractivity contribution in [1.82, 2.24) is 19.7 Å². The summed E-state index contributed by atoms with van der Waals surface area (Å²) in [6, 6.07) is 14.1. The molecule has 1 aromatic heterocycles. The number of hydrogen-bond acceptors (Lipinski definition) is 4. The first-order chi connectivity index (χ1) is 14.1. The zero-order chi connectivity index (χ0) is 20.2. The number of carbonyl (C=O) groups excluding carboxylic acids is 2. The minimum atomic E-state index is -0.222. The van der Waals surface area contributed by atoms with Crippen LogP contribution in [0.3, 0.4) is 0 Å². The topological polar surface area (TPSA) is 56.8 Å². The summed E-state index contributed by atoms with van der Waals surface area (Å²) >= 11 is 0. The SMILES string of the molecule is C[C@@H](c1ccccc1)N1C[C@H](C(=O)N2CCN(Cc3ccncc3)CC2)CC1=O. The van der Waals surface area contributed by atoms with E-state index in [0.29, 0.717) is 13.0 Å². The second-order valence-corrected chi connectivity index (χ2v) is 7.99. The van der Waals surface area contributed by atoms with Gasteiger partial charge in [-0.05, 0) is 30.2 Å². The summed E-state index contributed by atoms with van der Waals surface area (Å²) < 4.78 is 0. The van der Waals surface area contributed by atoms with Crippen molar-refractivity contribution in [2.75, 3.05) is 32.7 Å². The summed E-state index contributed by atoms with van der Waals surface area (Å²) in [5.41, 5.74) is 2.35.